The zero-order chi connectivity index (χ0) is 29.9. The standard InChI is InChI=1S/C32H29FN8O2/c1-2-27(42)40-15-5-6-23(18-40)41-31-28(30(34)37-19-38-31)29(39-41)21-11-9-20(10-12-21)16-36-32(43)25-8-4-3-7-24(25)26-14-13-22(33)17-35-26/h2-4,7-14,17,19,23H,1,5-6,15-16,18H2,(H,36,43)(H2,34,37,38)/t23-/m1/s1. The predicted octanol–water partition coefficient (Wildman–Crippen LogP) is 4.56. The summed E-state index contributed by atoms with van der Waals surface area (Å²) >= 11 is 0. The van der Waals surface area contributed by atoms with Crippen LogP contribution in [0.25, 0.3) is 33.5 Å². The second kappa shape index (κ2) is 11.8. The van der Waals surface area contributed by atoms with Gasteiger partial charge in [-0.2, -0.15) is 5.10 Å². The quantitative estimate of drug-likeness (QED) is 0.272. The number of carbonyl (C=O) groups excluding carboxylic acids is 2. The fourth-order valence-electron chi connectivity index (χ4n) is 5.43. The number of nitrogens with two attached hydrogens (primary N) is 1. The van der Waals surface area contributed by atoms with E-state index in [0.29, 0.717) is 59.0 Å². The molecule has 2 aromatic carbocycles. The van der Waals surface area contributed by atoms with Gasteiger partial charge < -0.3 is 16.0 Å². The Morgan fingerprint density at radius 2 is 1.88 bits per heavy atom. The van der Waals surface area contributed by atoms with Crippen LogP contribution < -0.4 is 11.1 Å². The lowest BCUT2D eigenvalue weighted by Gasteiger charge is -2.32. The van der Waals surface area contributed by atoms with Crippen molar-refractivity contribution in [2.75, 3.05) is 18.8 Å². The Labute approximate surface area is 247 Å². The van der Waals surface area contributed by atoms with Crippen LogP contribution in [0.2, 0.25) is 0 Å². The number of piperidine rings is 1. The molecule has 0 unspecified atom stereocenters. The first-order chi connectivity index (χ1) is 20.9. The van der Waals surface area contributed by atoms with Crippen molar-refractivity contribution in [3.05, 3.63) is 103 Å². The van der Waals surface area contributed by atoms with E-state index >= 15 is 0 Å². The third-order valence-electron chi connectivity index (χ3n) is 7.60. The van der Waals surface area contributed by atoms with Crippen molar-refractivity contribution in [2.24, 2.45) is 0 Å². The molecule has 43 heavy (non-hydrogen) atoms. The Kier molecular flexibility index (Phi) is 7.61. The number of likely N-dealkylation sites (tertiary alicyclic amines) is 1. The van der Waals surface area contributed by atoms with Gasteiger partial charge in [0.25, 0.3) is 5.91 Å². The van der Waals surface area contributed by atoms with Crippen molar-refractivity contribution in [3.8, 4) is 22.5 Å². The predicted molar refractivity (Wildman–Crippen MR) is 161 cm³/mol. The van der Waals surface area contributed by atoms with E-state index in [9.17, 15) is 14.0 Å². The summed E-state index contributed by atoms with van der Waals surface area (Å²) in [5.41, 5.74) is 10.9. The van der Waals surface area contributed by atoms with Gasteiger partial charge in [0.1, 0.15) is 23.7 Å². The van der Waals surface area contributed by atoms with Crippen molar-refractivity contribution >= 4 is 28.7 Å². The molecule has 0 spiro atoms. The fourth-order valence-corrected chi connectivity index (χ4v) is 5.43. The van der Waals surface area contributed by atoms with Gasteiger partial charge in [0.15, 0.2) is 5.65 Å². The molecular formula is C32H29FN8O2. The van der Waals surface area contributed by atoms with Crippen molar-refractivity contribution in [1.29, 1.82) is 0 Å². The molecule has 1 atom stereocenters. The zero-order valence-corrected chi connectivity index (χ0v) is 23.3. The largest absolute Gasteiger partial charge is 0.383 e. The van der Waals surface area contributed by atoms with Crippen LogP contribution in [-0.2, 0) is 11.3 Å². The maximum absolute atomic E-state index is 13.4. The fraction of sp³-hybridized carbons (Fsp3) is 0.188. The van der Waals surface area contributed by atoms with E-state index in [2.05, 4.69) is 26.8 Å². The molecule has 6 rings (SSSR count). The summed E-state index contributed by atoms with van der Waals surface area (Å²) in [6.07, 6.45) is 5.57. The molecule has 11 heteroatoms. The first-order valence-electron chi connectivity index (χ1n) is 13.9. The maximum Gasteiger partial charge on any atom is 0.252 e. The number of carbonyl (C=O) groups is 2. The van der Waals surface area contributed by atoms with Gasteiger partial charge >= 0.3 is 0 Å². The summed E-state index contributed by atoms with van der Waals surface area (Å²) < 4.78 is 15.2. The zero-order valence-electron chi connectivity index (χ0n) is 23.3. The molecular weight excluding hydrogens is 547 g/mol. The molecule has 3 aromatic heterocycles. The number of benzene rings is 2. The molecule has 10 nitrogen and oxygen atoms in total. The van der Waals surface area contributed by atoms with Crippen LogP contribution in [0.15, 0.2) is 85.8 Å². The minimum atomic E-state index is -0.440. The van der Waals surface area contributed by atoms with Crippen LogP contribution in [0, 0.1) is 5.82 Å². The van der Waals surface area contributed by atoms with E-state index in [1.165, 1.54) is 18.5 Å². The molecule has 4 heterocycles. The summed E-state index contributed by atoms with van der Waals surface area (Å²) in [6, 6.07) is 17.6. The van der Waals surface area contributed by atoms with Gasteiger partial charge in [-0.3, -0.25) is 14.6 Å². The minimum Gasteiger partial charge on any atom is -0.383 e. The van der Waals surface area contributed by atoms with E-state index in [0.717, 1.165) is 30.2 Å². The number of anilines is 1. The van der Waals surface area contributed by atoms with Crippen LogP contribution in [-0.4, -0.2) is 54.5 Å². The number of pyridine rings is 1. The van der Waals surface area contributed by atoms with Crippen LogP contribution in [0.3, 0.4) is 0 Å². The van der Waals surface area contributed by atoms with Crippen molar-refractivity contribution in [2.45, 2.75) is 25.4 Å². The summed E-state index contributed by atoms with van der Waals surface area (Å²) in [5, 5.41) is 8.54. The lowest BCUT2D eigenvalue weighted by molar-refractivity contribution is -0.127. The number of hydrogen-bond donors (Lipinski definition) is 2. The summed E-state index contributed by atoms with van der Waals surface area (Å²) in [5.74, 6) is -0.484. The molecule has 0 radical (unpaired) electrons. The molecule has 1 aliphatic rings. The van der Waals surface area contributed by atoms with Crippen LogP contribution in [0.5, 0.6) is 0 Å². The highest BCUT2D eigenvalue weighted by molar-refractivity contribution is 6.00. The van der Waals surface area contributed by atoms with Gasteiger partial charge in [0, 0.05) is 36.3 Å². The first kappa shape index (κ1) is 27.7. The van der Waals surface area contributed by atoms with Gasteiger partial charge in [-0.15, -0.1) is 0 Å². The van der Waals surface area contributed by atoms with E-state index in [1.807, 2.05) is 35.0 Å². The number of halogens is 1. The number of rotatable bonds is 7. The third-order valence-corrected chi connectivity index (χ3v) is 7.60. The monoisotopic (exact) mass is 576 g/mol. The average molecular weight is 577 g/mol. The lowest BCUT2D eigenvalue weighted by atomic mass is 10.0. The SMILES string of the molecule is C=CC(=O)N1CCC[C@@H](n2nc(-c3ccc(CNC(=O)c4ccccc4-c4ccc(F)cn4)cc3)c3c(N)ncnc32)C1. The highest BCUT2D eigenvalue weighted by Gasteiger charge is 2.28. The number of amides is 2. The Bertz CT molecular complexity index is 1820. The molecule has 1 saturated heterocycles. The second-order valence-corrected chi connectivity index (χ2v) is 10.3. The van der Waals surface area contributed by atoms with E-state index in [1.54, 1.807) is 29.2 Å². The summed E-state index contributed by atoms with van der Waals surface area (Å²) in [6.45, 7) is 5.09. The number of fused-ring (bicyclic) bond motifs is 1. The molecule has 3 N–H and O–H groups in total. The number of hydrogen-bond acceptors (Lipinski definition) is 7. The molecule has 1 fully saturated rings. The molecule has 0 saturated carbocycles. The summed E-state index contributed by atoms with van der Waals surface area (Å²) in [4.78, 5) is 40.0. The molecule has 0 aliphatic carbocycles. The topological polar surface area (TPSA) is 132 Å². The second-order valence-electron chi connectivity index (χ2n) is 10.3. The number of nitrogens with one attached hydrogen (secondary N) is 1. The van der Waals surface area contributed by atoms with Crippen molar-refractivity contribution in [1.82, 2.24) is 34.9 Å². The van der Waals surface area contributed by atoms with Gasteiger partial charge in [0.05, 0.1) is 23.3 Å². The third kappa shape index (κ3) is 5.56. The average Bonchev–Trinajstić information content (AvgIpc) is 3.45. The number of nitrogens with zero attached hydrogens (tertiary/aromatic N) is 6. The van der Waals surface area contributed by atoms with Crippen LogP contribution in [0.1, 0.15) is 34.8 Å². The van der Waals surface area contributed by atoms with Crippen LogP contribution in [0.4, 0.5) is 10.2 Å². The smallest absolute Gasteiger partial charge is 0.252 e. The number of nitrogen functional groups attached to an aromatic ring is 1. The van der Waals surface area contributed by atoms with E-state index in [4.69, 9.17) is 10.8 Å². The summed E-state index contributed by atoms with van der Waals surface area (Å²) in [7, 11) is 0. The Balaban J connectivity index is 1.22. The van der Waals surface area contributed by atoms with Gasteiger partial charge in [-0.1, -0.05) is 49.0 Å². The number of aromatic nitrogens is 5. The molecule has 0 bridgehead atoms. The van der Waals surface area contributed by atoms with Crippen molar-refractivity contribution < 1.29 is 14.0 Å². The Hall–Kier alpha value is -5.45. The molecule has 1 aliphatic heterocycles. The molecule has 2 amide bonds. The van der Waals surface area contributed by atoms with E-state index < -0.39 is 5.82 Å². The maximum atomic E-state index is 13.4. The molecule has 5 aromatic rings. The normalized spacial score (nSPS) is 14.9. The Morgan fingerprint density at radius 1 is 1.07 bits per heavy atom. The highest BCUT2D eigenvalue weighted by atomic mass is 19.1. The highest BCUT2D eigenvalue weighted by Crippen LogP contribution is 2.34. The first-order valence-corrected chi connectivity index (χ1v) is 13.9. The van der Waals surface area contributed by atoms with Gasteiger partial charge in [-0.25, -0.2) is 19.0 Å². The Morgan fingerprint density at radius 3 is 2.65 bits per heavy atom. The molecule has 216 valence electrons. The van der Waals surface area contributed by atoms with Crippen LogP contribution >= 0.6 is 0 Å². The van der Waals surface area contributed by atoms with E-state index in [-0.39, 0.29) is 17.9 Å². The van der Waals surface area contributed by atoms with Crippen molar-refractivity contribution in [3.63, 3.8) is 0 Å². The van der Waals surface area contributed by atoms with Gasteiger partial charge in [0.2, 0.25) is 5.91 Å². The minimum absolute atomic E-state index is 0.0642. The van der Waals surface area contributed by atoms with Gasteiger partial charge in [-0.05, 0) is 42.7 Å². The lowest BCUT2D eigenvalue weighted by Crippen LogP contribution is -2.40.